The zero-order valence-electron chi connectivity index (χ0n) is 17.6. The number of aromatic nitrogens is 2. The average Bonchev–Trinajstić information content (AvgIpc) is 3.35. The van der Waals surface area contributed by atoms with Crippen LogP contribution in [0.15, 0.2) is 54.9 Å². The highest BCUT2D eigenvalue weighted by molar-refractivity contribution is 5.83. The van der Waals surface area contributed by atoms with Gasteiger partial charge in [0.2, 0.25) is 0 Å². The van der Waals surface area contributed by atoms with Crippen molar-refractivity contribution in [3.05, 3.63) is 66.1 Å². The Balaban J connectivity index is 1.57. The Morgan fingerprint density at radius 1 is 1.10 bits per heavy atom. The van der Waals surface area contributed by atoms with E-state index in [1.165, 1.54) is 22.9 Å². The van der Waals surface area contributed by atoms with Gasteiger partial charge in [0.25, 0.3) is 0 Å². The molecule has 0 spiro atoms. The van der Waals surface area contributed by atoms with Crippen LogP contribution < -0.4 is 0 Å². The molecule has 0 unspecified atom stereocenters. The monoisotopic (exact) mass is 392 g/mol. The summed E-state index contributed by atoms with van der Waals surface area (Å²) in [4.78, 5) is 9.29. The van der Waals surface area contributed by atoms with Crippen LogP contribution in [0.5, 0.6) is 0 Å². The molecule has 3 heterocycles. The van der Waals surface area contributed by atoms with E-state index in [4.69, 9.17) is 4.74 Å². The van der Waals surface area contributed by atoms with Crippen molar-refractivity contribution in [1.29, 1.82) is 0 Å². The van der Waals surface area contributed by atoms with Gasteiger partial charge in [0.15, 0.2) is 0 Å². The second kappa shape index (κ2) is 9.53. The Morgan fingerprint density at radius 3 is 2.72 bits per heavy atom. The van der Waals surface area contributed by atoms with Gasteiger partial charge in [-0.05, 0) is 50.7 Å². The minimum Gasteiger partial charge on any atom is -0.377 e. The molecule has 0 bridgehead atoms. The molecule has 5 heteroatoms. The molecule has 0 amide bonds. The lowest BCUT2D eigenvalue weighted by Gasteiger charge is -2.24. The van der Waals surface area contributed by atoms with Gasteiger partial charge in [-0.15, -0.1) is 0 Å². The lowest BCUT2D eigenvalue weighted by molar-refractivity contribution is 0.0676. The fourth-order valence-corrected chi connectivity index (χ4v) is 4.16. The molecular formula is C24H32N4O. The normalized spacial score (nSPS) is 17.0. The number of likely N-dealkylation sites (N-methyl/N-ethyl adjacent to an activating group) is 1. The molecule has 3 aromatic rings. The predicted octanol–water partition coefficient (Wildman–Crippen LogP) is 3.78. The molecule has 1 atom stereocenters. The Kier molecular flexibility index (Phi) is 6.60. The summed E-state index contributed by atoms with van der Waals surface area (Å²) in [5, 5.41) is 1.35. The van der Waals surface area contributed by atoms with Crippen LogP contribution in [0.2, 0.25) is 0 Å². The number of benzene rings is 1. The van der Waals surface area contributed by atoms with Crippen molar-refractivity contribution in [2.75, 3.05) is 33.8 Å². The molecule has 1 aromatic carbocycles. The standard InChI is InChI=1S/C24H32N4O/c1-26(2)13-14-28-17-20(23-10-3-4-11-24(23)28)16-27(19-22-9-7-15-29-22)18-21-8-5-6-12-25-21/h3-6,8,10-12,17,22H,7,9,13-16,18-19H2,1-2H3/t22-/m0/s1. The summed E-state index contributed by atoms with van der Waals surface area (Å²) >= 11 is 0. The number of fused-ring (bicyclic) bond motifs is 1. The van der Waals surface area contributed by atoms with E-state index < -0.39 is 0 Å². The third-order valence-electron chi connectivity index (χ3n) is 5.65. The number of para-hydroxylation sites is 1. The summed E-state index contributed by atoms with van der Waals surface area (Å²) in [7, 11) is 4.26. The second-order valence-electron chi connectivity index (χ2n) is 8.29. The summed E-state index contributed by atoms with van der Waals surface area (Å²) in [6.07, 6.45) is 6.89. The number of pyridine rings is 1. The first-order valence-corrected chi connectivity index (χ1v) is 10.6. The Labute approximate surface area is 173 Å². The number of rotatable bonds is 9. The third-order valence-corrected chi connectivity index (χ3v) is 5.65. The van der Waals surface area contributed by atoms with Crippen LogP contribution in [0.1, 0.15) is 24.1 Å². The van der Waals surface area contributed by atoms with Crippen LogP contribution in [0.3, 0.4) is 0 Å². The Hall–Kier alpha value is -2.21. The van der Waals surface area contributed by atoms with E-state index in [1.54, 1.807) is 0 Å². The van der Waals surface area contributed by atoms with Crippen LogP contribution in [-0.4, -0.2) is 59.2 Å². The number of ether oxygens (including phenoxy) is 1. The maximum Gasteiger partial charge on any atom is 0.0703 e. The van der Waals surface area contributed by atoms with Crippen molar-refractivity contribution in [2.45, 2.75) is 38.6 Å². The minimum absolute atomic E-state index is 0.334. The zero-order chi connectivity index (χ0) is 20.1. The molecule has 154 valence electrons. The van der Waals surface area contributed by atoms with Crippen molar-refractivity contribution < 1.29 is 4.74 Å². The molecular weight excluding hydrogens is 360 g/mol. The van der Waals surface area contributed by atoms with Gasteiger partial charge in [-0.2, -0.15) is 0 Å². The molecule has 0 saturated carbocycles. The topological polar surface area (TPSA) is 33.5 Å². The first-order chi connectivity index (χ1) is 14.2. The maximum absolute atomic E-state index is 5.94. The molecule has 0 radical (unpaired) electrons. The lowest BCUT2D eigenvalue weighted by atomic mass is 10.1. The van der Waals surface area contributed by atoms with Crippen molar-refractivity contribution in [1.82, 2.24) is 19.4 Å². The molecule has 1 aliphatic rings. The van der Waals surface area contributed by atoms with Gasteiger partial charge in [-0.1, -0.05) is 24.3 Å². The number of hydrogen-bond acceptors (Lipinski definition) is 4. The van der Waals surface area contributed by atoms with Crippen molar-refractivity contribution in [3.8, 4) is 0 Å². The molecule has 5 nitrogen and oxygen atoms in total. The first-order valence-electron chi connectivity index (χ1n) is 10.6. The highest BCUT2D eigenvalue weighted by Gasteiger charge is 2.21. The van der Waals surface area contributed by atoms with Gasteiger partial charge in [0.1, 0.15) is 0 Å². The van der Waals surface area contributed by atoms with E-state index in [2.05, 4.69) is 76.0 Å². The molecule has 0 aliphatic carbocycles. The van der Waals surface area contributed by atoms with E-state index in [1.807, 2.05) is 12.3 Å². The van der Waals surface area contributed by atoms with Crippen molar-refractivity contribution >= 4 is 10.9 Å². The molecule has 1 fully saturated rings. The van der Waals surface area contributed by atoms with Crippen LogP contribution in [-0.2, 0) is 24.4 Å². The van der Waals surface area contributed by atoms with E-state index in [0.29, 0.717) is 6.10 Å². The van der Waals surface area contributed by atoms with E-state index >= 15 is 0 Å². The maximum atomic E-state index is 5.94. The summed E-state index contributed by atoms with van der Waals surface area (Å²) in [6, 6.07) is 14.9. The molecule has 4 rings (SSSR count). The number of hydrogen-bond donors (Lipinski definition) is 0. The fourth-order valence-electron chi connectivity index (χ4n) is 4.16. The van der Waals surface area contributed by atoms with Gasteiger partial charge >= 0.3 is 0 Å². The molecule has 29 heavy (non-hydrogen) atoms. The molecule has 2 aromatic heterocycles. The minimum atomic E-state index is 0.334. The highest BCUT2D eigenvalue weighted by Crippen LogP contribution is 2.24. The van der Waals surface area contributed by atoms with Crippen LogP contribution in [0.4, 0.5) is 0 Å². The van der Waals surface area contributed by atoms with Gasteiger partial charge in [0, 0.05) is 62.6 Å². The van der Waals surface area contributed by atoms with Gasteiger partial charge in [0.05, 0.1) is 11.8 Å². The second-order valence-corrected chi connectivity index (χ2v) is 8.29. The van der Waals surface area contributed by atoms with E-state index in [9.17, 15) is 0 Å². The van der Waals surface area contributed by atoms with E-state index in [-0.39, 0.29) is 0 Å². The summed E-state index contributed by atoms with van der Waals surface area (Å²) in [5.41, 5.74) is 3.81. The quantitative estimate of drug-likeness (QED) is 0.555. The lowest BCUT2D eigenvalue weighted by Crippen LogP contribution is -2.31. The summed E-state index contributed by atoms with van der Waals surface area (Å²) in [5.74, 6) is 0. The largest absolute Gasteiger partial charge is 0.377 e. The third kappa shape index (κ3) is 5.24. The van der Waals surface area contributed by atoms with E-state index in [0.717, 1.165) is 51.4 Å². The molecule has 1 aliphatic heterocycles. The molecule has 1 saturated heterocycles. The Bertz CT molecular complexity index is 900. The zero-order valence-corrected chi connectivity index (χ0v) is 17.6. The number of nitrogens with zero attached hydrogens (tertiary/aromatic N) is 4. The molecule has 0 N–H and O–H groups in total. The van der Waals surface area contributed by atoms with Crippen LogP contribution >= 0.6 is 0 Å². The fraction of sp³-hybridized carbons (Fsp3) is 0.458. The van der Waals surface area contributed by atoms with Crippen LogP contribution in [0, 0.1) is 0 Å². The summed E-state index contributed by atoms with van der Waals surface area (Å²) < 4.78 is 8.34. The van der Waals surface area contributed by atoms with Crippen molar-refractivity contribution in [3.63, 3.8) is 0 Å². The van der Waals surface area contributed by atoms with Crippen LogP contribution in [0.25, 0.3) is 10.9 Å². The highest BCUT2D eigenvalue weighted by atomic mass is 16.5. The Morgan fingerprint density at radius 2 is 1.97 bits per heavy atom. The van der Waals surface area contributed by atoms with Crippen molar-refractivity contribution in [2.24, 2.45) is 0 Å². The predicted molar refractivity (Wildman–Crippen MR) is 118 cm³/mol. The van der Waals surface area contributed by atoms with Gasteiger partial charge in [-0.25, -0.2) is 0 Å². The summed E-state index contributed by atoms with van der Waals surface area (Å²) in [6.45, 7) is 5.63. The van der Waals surface area contributed by atoms with Gasteiger partial charge in [-0.3, -0.25) is 9.88 Å². The van der Waals surface area contributed by atoms with Gasteiger partial charge < -0.3 is 14.2 Å². The first kappa shape index (κ1) is 20.1. The average molecular weight is 393 g/mol. The smallest absolute Gasteiger partial charge is 0.0703 e. The SMILES string of the molecule is CN(C)CCn1cc(CN(Cc2ccccn2)C[C@@H]2CCCO2)c2ccccc21.